The average molecular weight is 271 g/mol. The third-order valence-corrected chi connectivity index (χ3v) is 3.59. The zero-order valence-corrected chi connectivity index (χ0v) is 11.4. The molecular weight excluding hydrogens is 254 g/mol. The molecule has 1 amide bonds. The first-order chi connectivity index (χ1) is 9.75. The van der Waals surface area contributed by atoms with Gasteiger partial charge in [-0.15, -0.1) is 0 Å². The van der Waals surface area contributed by atoms with Gasteiger partial charge in [0.25, 0.3) is 5.91 Å². The SMILES string of the molecule is Cn1cccc1C(=O)N1CCO[C@@H](c2ccncc2)C1. The molecule has 1 aliphatic rings. The van der Waals surface area contributed by atoms with E-state index in [1.807, 2.05) is 47.0 Å². The molecule has 3 rings (SSSR count). The van der Waals surface area contributed by atoms with Gasteiger partial charge in [0.2, 0.25) is 0 Å². The Bertz CT molecular complexity index is 594. The summed E-state index contributed by atoms with van der Waals surface area (Å²) >= 11 is 0. The van der Waals surface area contributed by atoms with Crippen LogP contribution in [0.1, 0.15) is 22.2 Å². The Morgan fingerprint density at radius 1 is 1.35 bits per heavy atom. The van der Waals surface area contributed by atoms with Crippen LogP contribution in [0.5, 0.6) is 0 Å². The van der Waals surface area contributed by atoms with Crippen LogP contribution in [0, 0.1) is 0 Å². The van der Waals surface area contributed by atoms with Crippen molar-refractivity contribution in [2.24, 2.45) is 7.05 Å². The number of morpholine rings is 1. The number of pyridine rings is 1. The molecule has 2 aromatic heterocycles. The van der Waals surface area contributed by atoms with Crippen LogP contribution in [0.15, 0.2) is 42.9 Å². The molecule has 5 nitrogen and oxygen atoms in total. The van der Waals surface area contributed by atoms with Crippen molar-refractivity contribution in [1.29, 1.82) is 0 Å². The van der Waals surface area contributed by atoms with Crippen molar-refractivity contribution in [2.45, 2.75) is 6.10 Å². The molecule has 1 atom stereocenters. The summed E-state index contributed by atoms with van der Waals surface area (Å²) in [5.74, 6) is 0.0554. The molecular formula is C15H17N3O2. The molecule has 20 heavy (non-hydrogen) atoms. The Kier molecular flexibility index (Phi) is 3.52. The highest BCUT2D eigenvalue weighted by Crippen LogP contribution is 2.22. The number of ether oxygens (including phenoxy) is 1. The number of amides is 1. The van der Waals surface area contributed by atoms with Crippen LogP contribution in [0.4, 0.5) is 0 Å². The summed E-state index contributed by atoms with van der Waals surface area (Å²) in [4.78, 5) is 18.4. The largest absolute Gasteiger partial charge is 0.370 e. The van der Waals surface area contributed by atoms with Gasteiger partial charge in [-0.05, 0) is 29.8 Å². The lowest BCUT2D eigenvalue weighted by atomic mass is 10.1. The van der Waals surface area contributed by atoms with Crippen LogP contribution in [-0.2, 0) is 11.8 Å². The van der Waals surface area contributed by atoms with Crippen LogP contribution < -0.4 is 0 Å². The van der Waals surface area contributed by atoms with Crippen LogP contribution >= 0.6 is 0 Å². The molecule has 3 heterocycles. The van der Waals surface area contributed by atoms with E-state index in [4.69, 9.17) is 4.74 Å². The average Bonchev–Trinajstić information content (AvgIpc) is 2.94. The fourth-order valence-electron chi connectivity index (χ4n) is 2.46. The maximum absolute atomic E-state index is 12.5. The van der Waals surface area contributed by atoms with Crippen LogP contribution in [0.2, 0.25) is 0 Å². The normalized spacial score (nSPS) is 19.1. The Morgan fingerprint density at radius 2 is 2.15 bits per heavy atom. The van der Waals surface area contributed by atoms with E-state index >= 15 is 0 Å². The predicted molar refractivity (Wildman–Crippen MR) is 74.2 cm³/mol. The Labute approximate surface area is 117 Å². The Balaban J connectivity index is 1.76. The lowest BCUT2D eigenvalue weighted by Crippen LogP contribution is -2.42. The first-order valence-electron chi connectivity index (χ1n) is 6.68. The summed E-state index contributed by atoms with van der Waals surface area (Å²) in [6, 6.07) is 7.59. The molecule has 0 saturated carbocycles. The highest BCUT2D eigenvalue weighted by Gasteiger charge is 2.26. The van der Waals surface area contributed by atoms with E-state index in [9.17, 15) is 4.79 Å². The highest BCUT2D eigenvalue weighted by atomic mass is 16.5. The number of hydrogen-bond donors (Lipinski definition) is 0. The van der Waals surface area contributed by atoms with E-state index in [0.29, 0.717) is 25.4 Å². The number of rotatable bonds is 2. The fourth-order valence-corrected chi connectivity index (χ4v) is 2.46. The summed E-state index contributed by atoms with van der Waals surface area (Å²) in [5, 5.41) is 0. The minimum Gasteiger partial charge on any atom is -0.370 e. The van der Waals surface area contributed by atoms with Gasteiger partial charge in [0.15, 0.2) is 0 Å². The number of carbonyl (C=O) groups is 1. The fraction of sp³-hybridized carbons (Fsp3) is 0.333. The molecule has 2 aromatic rings. The number of nitrogens with zero attached hydrogens (tertiary/aromatic N) is 3. The first-order valence-corrected chi connectivity index (χ1v) is 6.68. The highest BCUT2D eigenvalue weighted by molar-refractivity contribution is 5.92. The summed E-state index contributed by atoms with van der Waals surface area (Å²) in [6.07, 6.45) is 5.30. The maximum Gasteiger partial charge on any atom is 0.270 e. The smallest absolute Gasteiger partial charge is 0.270 e. The molecule has 0 spiro atoms. The lowest BCUT2D eigenvalue weighted by molar-refractivity contribution is -0.0231. The van der Waals surface area contributed by atoms with E-state index in [1.165, 1.54) is 0 Å². The van der Waals surface area contributed by atoms with Gasteiger partial charge in [0.05, 0.1) is 13.2 Å². The van der Waals surface area contributed by atoms with E-state index in [-0.39, 0.29) is 12.0 Å². The summed E-state index contributed by atoms with van der Waals surface area (Å²) in [7, 11) is 1.88. The third-order valence-electron chi connectivity index (χ3n) is 3.59. The molecule has 0 N–H and O–H groups in total. The molecule has 1 fully saturated rings. The third kappa shape index (κ3) is 2.44. The Morgan fingerprint density at radius 3 is 2.85 bits per heavy atom. The standard InChI is InChI=1S/C15H17N3O2/c1-17-8-2-3-13(17)15(19)18-9-10-20-14(11-18)12-4-6-16-7-5-12/h2-8,14H,9-11H2,1H3/t14-/m1/s1. The minimum atomic E-state index is -0.0732. The predicted octanol–water partition coefficient (Wildman–Crippen LogP) is 1.63. The molecule has 1 aliphatic heterocycles. The van der Waals surface area contributed by atoms with Crippen LogP contribution in [0.25, 0.3) is 0 Å². The summed E-state index contributed by atoms with van der Waals surface area (Å²) in [5.41, 5.74) is 1.77. The molecule has 5 heteroatoms. The monoisotopic (exact) mass is 271 g/mol. The van der Waals surface area contributed by atoms with E-state index in [1.54, 1.807) is 12.4 Å². The van der Waals surface area contributed by atoms with Crippen molar-refractivity contribution in [2.75, 3.05) is 19.7 Å². The van der Waals surface area contributed by atoms with Gasteiger partial charge in [-0.3, -0.25) is 9.78 Å². The quantitative estimate of drug-likeness (QED) is 0.834. The van der Waals surface area contributed by atoms with Gasteiger partial charge in [-0.1, -0.05) is 0 Å². The molecule has 0 aromatic carbocycles. The number of carbonyl (C=O) groups excluding carboxylic acids is 1. The summed E-state index contributed by atoms with van der Waals surface area (Å²) < 4.78 is 7.61. The van der Waals surface area contributed by atoms with Crippen molar-refractivity contribution < 1.29 is 9.53 Å². The van der Waals surface area contributed by atoms with E-state index < -0.39 is 0 Å². The van der Waals surface area contributed by atoms with Crippen molar-refractivity contribution in [1.82, 2.24) is 14.5 Å². The van der Waals surface area contributed by atoms with Crippen molar-refractivity contribution in [3.63, 3.8) is 0 Å². The van der Waals surface area contributed by atoms with E-state index in [2.05, 4.69) is 4.98 Å². The van der Waals surface area contributed by atoms with Gasteiger partial charge in [-0.25, -0.2) is 0 Å². The number of aryl methyl sites for hydroxylation is 1. The van der Waals surface area contributed by atoms with Crippen LogP contribution in [-0.4, -0.2) is 40.1 Å². The molecule has 0 radical (unpaired) electrons. The first kappa shape index (κ1) is 12.9. The molecule has 1 saturated heterocycles. The van der Waals surface area contributed by atoms with Crippen molar-refractivity contribution in [3.05, 3.63) is 54.1 Å². The topological polar surface area (TPSA) is 47.4 Å². The maximum atomic E-state index is 12.5. The minimum absolute atomic E-state index is 0.0554. The molecule has 0 aliphatic carbocycles. The second-order valence-corrected chi connectivity index (χ2v) is 4.90. The second kappa shape index (κ2) is 5.46. The summed E-state index contributed by atoms with van der Waals surface area (Å²) in [6.45, 7) is 1.77. The van der Waals surface area contributed by atoms with E-state index in [0.717, 1.165) is 5.56 Å². The van der Waals surface area contributed by atoms with Gasteiger partial charge in [0, 0.05) is 32.2 Å². The van der Waals surface area contributed by atoms with Gasteiger partial charge in [0.1, 0.15) is 11.8 Å². The number of aromatic nitrogens is 2. The number of hydrogen-bond acceptors (Lipinski definition) is 3. The van der Waals surface area contributed by atoms with Gasteiger partial charge in [-0.2, -0.15) is 0 Å². The van der Waals surface area contributed by atoms with Gasteiger partial charge < -0.3 is 14.2 Å². The molecule has 104 valence electrons. The van der Waals surface area contributed by atoms with Gasteiger partial charge >= 0.3 is 0 Å². The zero-order chi connectivity index (χ0) is 13.9. The second-order valence-electron chi connectivity index (χ2n) is 4.90. The lowest BCUT2D eigenvalue weighted by Gasteiger charge is -2.33. The van der Waals surface area contributed by atoms with Crippen LogP contribution in [0.3, 0.4) is 0 Å². The Hall–Kier alpha value is -2.14. The van der Waals surface area contributed by atoms with Crippen molar-refractivity contribution in [3.8, 4) is 0 Å². The van der Waals surface area contributed by atoms with Crippen molar-refractivity contribution >= 4 is 5.91 Å². The molecule has 0 bridgehead atoms. The zero-order valence-electron chi connectivity index (χ0n) is 11.4. The molecule has 0 unspecified atom stereocenters.